The summed E-state index contributed by atoms with van der Waals surface area (Å²) in [5.74, 6) is -0.507. The number of carboxylic acid groups (broad SMARTS) is 1. The first-order chi connectivity index (χ1) is 9.19. The number of hydrogen-bond donors (Lipinski definition) is 1. The minimum Gasteiger partial charge on any atom is -0.476 e. The maximum atomic E-state index is 12.0. The summed E-state index contributed by atoms with van der Waals surface area (Å²) in [7, 11) is 0. The maximum Gasteiger partial charge on any atom is 0.410 e. The van der Waals surface area contributed by atoms with Gasteiger partial charge < -0.3 is 14.4 Å². The third-order valence-electron chi connectivity index (χ3n) is 2.78. The van der Waals surface area contributed by atoms with Gasteiger partial charge in [0.05, 0.1) is 6.54 Å². The lowest BCUT2D eigenvalue weighted by atomic mass is 10.2. The lowest BCUT2D eigenvalue weighted by molar-refractivity contribution is 0.0194. The van der Waals surface area contributed by atoms with Gasteiger partial charge in [-0.2, -0.15) is 0 Å². The first-order valence-corrected chi connectivity index (χ1v) is 6.94. The number of carbonyl (C=O) groups excluding carboxylic acids is 1. The predicted molar refractivity (Wildman–Crippen MR) is 73.5 cm³/mol. The average Bonchev–Trinajstić information content (AvgIpc) is 2.61. The van der Waals surface area contributed by atoms with Gasteiger partial charge in [-0.05, 0) is 36.7 Å². The van der Waals surface area contributed by atoms with Gasteiger partial charge in [0.2, 0.25) is 0 Å². The van der Waals surface area contributed by atoms with Crippen LogP contribution >= 0.6 is 15.9 Å². The summed E-state index contributed by atoms with van der Waals surface area (Å²) in [5.41, 5.74) is -0.444. The molecular formula is C12H16BrN3O4. The Balaban J connectivity index is 2.18. The number of aromatic nitrogens is 2. The number of carbonyl (C=O) groups is 2. The molecule has 20 heavy (non-hydrogen) atoms. The highest BCUT2D eigenvalue weighted by Crippen LogP contribution is 2.23. The van der Waals surface area contributed by atoms with Crippen molar-refractivity contribution in [3.63, 3.8) is 0 Å². The zero-order chi connectivity index (χ0) is 15.1. The first kappa shape index (κ1) is 14.8. The fourth-order valence-corrected chi connectivity index (χ4v) is 2.57. The first-order valence-electron chi connectivity index (χ1n) is 6.15. The summed E-state index contributed by atoms with van der Waals surface area (Å²) in [4.78, 5) is 28.8. The van der Waals surface area contributed by atoms with Crippen molar-refractivity contribution in [3.8, 4) is 0 Å². The largest absolute Gasteiger partial charge is 0.476 e. The van der Waals surface area contributed by atoms with Crippen LogP contribution in [0.15, 0.2) is 4.60 Å². The molecule has 1 N–H and O–H groups in total. The highest BCUT2D eigenvalue weighted by molar-refractivity contribution is 9.10. The molecule has 0 bridgehead atoms. The maximum absolute atomic E-state index is 12.0. The third-order valence-corrected chi connectivity index (χ3v) is 3.34. The van der Waals surface area contributed by atoms with Crippen molar-refractivity contribution in [3.05, 3.63) is 16.1 Å². The molecule has 1 aliphatic rings. The minimum absolute atomic E-state index is 0.115. The van der Waals surface area contributed by atoms with Gasteiger partial charge in [-0.15, -0.1) is 0 Å². The molecule has 1 aromatic rings. The quantitative estimate of drug-likeness (QED) is 0.842. The summed E-state index contributed by atoms with van der Waals surface area (Å²) in [6, 6.07) is 0. The zero-order valence-corrected chi connectivity index (χ0v) is 13.1. The second-order valence-corrected chi connectivity index (χ2v) is 6.28. The van der Waals surface area contributed by atoms with Crippen molar-refractivity contribution in [2.75, 3.05) is 6.54 Å². The number of nitrogens with zero attached hydrogens (tertiary/aromatic N) is 3. The van der Waals surface area contributed by atoms with Gasteiger partial charge in [0, 0.05) is 13.1 Å². The molecule has 0 fully saturated rings. The Kier molecular flexibility index (Phi) is 3.77. The number of amides is 1. The van der Waals surface area contributed by atoms with E-state index in [0.717, 1.165) is 0 Å². The van der Waals surface area contributed by atoms with E-state index in [1.807, 2.05) is 0 Å². The minimum atomic E-state index is -1.04. The molecule has 1 amide bonds. The molecule has 7 nitrogen and oxygen atoms in total. The van der Waals surface area contributed by atoms with Crippen molar-refractivity contribution in [1.29, 1.82) is 0 Å². The SMILES string of the molecule is CC(C)(C)OC(=O)N1CCn2c(nc(Br)c2C(=O)O)C1. The molecule has 2 rings (SSSR count). The predicted octanol–water partition coefficient (Wildman–Crippen LogP) is 2.09. The molecule has 0 atom stereocenters. The van der Waals surface area contributed by atoms with Gasteiger partial charge in [-0.3, -0.25) is 4.90 Å². The van der Waals surface area contributed by atoms with E-state index in [0.29, 0.717) is 18.9 Å². The average molecular weight is 346 g/mol. The number of imidazole rings is 1. The highest BCUT2D eigenvalue weighted by Gasteiger charge is 2.30. The molecule has 8 heteroatoms. The Bertz CT molecular complexity index is 562. The molecule has 0 aliphatic carbocycles. The number of ether oxygens (including phenoxy) is 1. The van der Waals surface area contributed by atoms with Gasteiger partial charge in [0.15, 0.2) is 5.69 Å². The number of halogens is 1. The molecule has 1 aromatic heterocycles. The van der Waals surface area contributed by atoms with E-state index in [-0.39, 0.29) is 16.8 Å². The Morgan fingerprint density at radius 2 is 2.00 bits per heavy atom. The normalized spacial score (nSPS) is 14.9. The van der Waals surface area contributed by atoms with Crippen LogP contribution in [0.5, 0.6) is 0 Å². The number of carboxylic acids is 1. The van der Waals surface area contributed by atoms with Crippen LogP contribution in [-0.4, -0.2) is 43.8 Å². The molecular weight excluding hydrogens is 330 g/mol. The Labute approximate surface area is 124 Å². The summed E-state index contributed by atoms with van der Waals surface area (Å²) < 4.78 is 7.19. The monoisotopic (exact) mass is 345 g/mol. The molecule has 0 saturated carbocycles. The standard InChI is InChI=1S/C12H16BrN3O4/c1-12(2,3)20-11(19)15-4-5-16-7(6-15)14-9(13)8(16)10(17)18/h4-6H2,1-3H3,(H,17,18). The van der Waals surface area contributed by atoms with Crippen molar-refractivity contribution < 1.29 is 19.4 Å². The van der Waals surface area contributed by atoms with E-state index in [1.165, 1.54) is 4.90 Å². The Morgan fingerprint density at radius 3 is 2.55 bits per heavy atom. The van der Waals surface area contributed by atoms with E-state index < -0.39 is 17.7 Å². The van der Waals surface area contributed by atoms with Crippen molar-refractivity contribution in [1.82, 2.24) is 14.5 Å². The Hall–Kier alpha value is -1.57. The summed E-state index contributed by atoms with van der Waals surface area (Å²) in [6.07, 6.45) is -0.417. The van der Waals surface area contributed by atoms with Crippen molar-refractivity contribution >= 4 is 28.0 Å². The van der Waals surface area contributed by atoms with Crippen LogP contribution in [0.25, 0.3) is 0 Å². The van der Waals surface area contributed by atoms with E-state index in [4.69, 9.17) is 9.84 Å². The van der Waals surface area contributed by atoms with Crippen LogP contribution in [0.4, 0.5) is 4.79 Å². The highest BCUT2D eigenvalue weighted by atomic mass is 79.9. The smallest absolute Gasteiger partial charge is 0.410 e. The summed E-state index contributed by atoms with van der Waals surface area (Å²) >= 11 is 3.14. The van der Waals surface area contributed by atoms with E-state index in [9.17, 15) is 9.59 Å². The summed E-state index contributed by atoms with van der Waals surface area (Å²) in [6.45, 7) is 6.42. The zero-order valence-electron chi connectivity index (χ0n) is 11.5. The fraction of sp³-hybridized carbons (Fsp3) is 0.583. The van der Waals surface area contributed by atoms with Crippen LogP contribution in [-0.2, 0) is 17.8 Å². The topological polar surface area (TPSA) is 84.7 Å². The van der Waals surface area contributed by atoms with E-state index in [1.54, 1.807) is 25.3 Å². The lowest BCUT2D eigenvalue weighted by Crippen LogP contribution is -2.42. The second-order valence-electron chi connectivity index (χ2n) is 5.53. The van der Waals surface area contributed by atoms with Crippen LogP contribution < -0.4 is 0 Å². The van der Waals surface area contributed by atoms with Gasteiger partial charge in [-0.25, -0.2) is 14.6 Å². The molecule has 0 saturated heterocycles. The Morgan fingerprint density at radius 1 is 1.35 bits per heavy atom. The molecule has 1 aliphatic heterocycles. The van der Waals surface area contributed by atoms with Gasteiger partial charge in [0.25, 0.3) is 0 Å². The van der Waals surface area contributed by atoms with Gasteiger partial charge in [-0.1, -0.05) is 0 Å². The van der Waals surface area contributed by atoms with Crippen LogP contribution in [0.1, 0.15) is 37.1 Å². The number of aromatic carboxylic acids is 1. The molecule has 0 spiro atoms. The number of hydrogen-bond acceptors (Lipinski definition) is 4. The van der Waals surface area contributed by atoms with Gasteiger partial charge >= 0.3 is 12.1 Å². The molecule has 110 valence electrons. The van der Waals surface area contributed by atoms with E-state index in [2.05, 4.69) is 20.9 Å². The fourth-order valence-electron chi connectivity index (χ4n) is 1.99. The molecule has 2 heterocycles. The second kappa shape index (κ2) is 5.08. The van der Waals surface area contributed by atoms with E-state index >= 15 is 0 Å². The molecule has 0 radical (unpaired) electrons. The molecule has 0 aromatic carbocycles. The van der Waals surface area contributed by atoms with Gasteiger partial charge in [0.1, 0.15) is 16.0 Å². The van der Waals surface area contributed by atoms with Crippen molar-refractivity contribution in [2.24, 2.45) is 0 Å². The summed E-state index contributed by atoms with van der Waals surface area (Å²) in [5, 5.41) is 9.14. The van der Waals surface area contributed by atoms with Crippen LogP contribution in [0.3, 0.4) is 0 Å². The van der Waals surface area contributed by atoms with Crippen LogP contribution in [0.2, 0.25) is 0 Å². The third kappa shape index (κ3) is 2.95. The van der Waals surface area contributed by atoms with Crippen LogP contribution in [0, 0.1) is 0 Å². The number of fused-ring (bicyclic) bond motifs is 1. The molecule has 0 unspecified atom stereocenters. The lowest BCUT2D eigenvalue weighted by Gasteiger charge is -2.30. The number of rotatable bonds is 1. The van der Waals surface area contributed by atoms with Crippen molar-refractivity contribution in [2.45, 2.75) is 39.5 Å².